The van der Waals surface area contributed by atoms with E-state index in [1.165, 1.54) is 17.2 Å². The summed E-state index contributed by atoms with van der Waals surface area (Å²) in [4.78, 5) is 0. The Morgan fingerprint density at radius 1 is 1.05 bits per heavy atom. The maximum Gasteiger partial charge on any atom is 0.435 e. The summed E-state index contributed by atoms with van der Waals surface area (Å²) in [6.07, 6.45) is -1.45. The van der Waals surface area contributed by atoms with E-state index in [0.29, 0.717) is 5.82 Å². The minimum absolute atomic E-state index is 0.0704. The molecule has 0 radical (unpaired) electrons. The molecule has 1 aliphatic rings. The molecule has 21 heavy (non-hydrogen) atoms. The first-order chi connectivity index (χ1) is 10.0. The third-order valence-electron chi connectivity index (χ3n) is 3.65. The standard InChI is InChI=1S/C15H14F3N3/c16-15(17,18)13-8-9-14(21-20-13)19-12-7-3-5-10-4-1-2-6-11(10)12/h1-2,4,6,8-9,12H,3,5,7H2,(H,19,21). The van der Waals surface area contributed by atoms with Gasteiger partial charge >= 0.3 is 6.18 Å². The molecule has 0 spiro atoms. The lowest BCUT2D eigenvalue weighted by atomic mass is 9.88. The van der Waals surface area contributed by atoms with Crippen molar-refractivity contribution in [2.75, 3.05) is 5.32 Å². The van der Waals surface area contributed by atoms with Crippen molar-refractivity contribution in [3.05, 3.63) is 53.2 Å². The lowest BCUT2D eigenvalue weighted by molar-refractivity contribution is -0.141. The molecule has 3 rings (SSSR count). The molecule has 1 unspecified atom stereocenters. The lowest BCUT2D eigenvalue weighted by Gasteiger charge is -2.26. The fourth-order valence-corrected chi connectivity index (χ4v) is 2.64. The Labute approximate surface area is 120 Å². The highest BCUT2D eigenvalue weighted by Crippen LogP contribution is 2.32. The minimum atomic E-state index is -4.46. The van der Waals surface area contributed by atoms with E-state index in [0.717, 1.165) is 25.3 Å². The van der Waals surface area contributed by atoms with Crippen LogP contribution in [0.2, 0.25) is 0 Å². The second kappa shape index (κ2) is 5.35. The molecule has 0 fully saturated rings. The molecule has 1 N–H and O–H groups in total. The van der Waals surface area contributed by atoms with Gasteiger partial charge in [0, 0.05) is 0 Å². The van der Waals surface area contributed by atoms with Crippen molar-refractivity contribution in [1.29, 1.82) is 0 Å². The average molecular weight is 293 g/mol. The molecule has 3 nitrogen and oxygen atoms in total. The molecule has 1 aromatic carbocycles. The van der Waals surface area contributed by atoms with Crippen LogP contribution in [0.3, 0.4) is 0 Å². The van der Waals surface area contributed by atoms with Crippen LogP contribution in [-0.2, 0) is 12.6 Å². The molecule has 1 aromatic heterocycles. The van der Waals surface area contributed by atoms with Gasteiger partial charge in [0.25, 0.3) is 0 Å². The van der Waals surface area contributed by atoms with Gasteiger partial charge in [-0.15, -0.1) is 10.2 Å². The first-order valence-electron chi connectivity index (χ1n) is 6.79. The topological polar surface area (TPSA) is 37.8 Å². The van der Waals surface area contributed by atoms with Crippen molar-refractivity contribution < 1.29 is 13.2 Å². The molecule has 0 amide bonds. The summed E-state index contributed by atoms with van der Waals surface area (Å²) < 4.78 is 37.4. The molecule has 1 aliphatic carbocycles. The highest BCUT2D eigenvalue weighted by atomic mass is 19.4. The van der Waals surface area contributed by atoms with Crippen molar-refractivity contribution in [1.82, 2.24) is 10.2 Å². The van der Waals surface area contributed by atoms with Gasteiger partial charge in [-0.05, 0) is 42.5 Å². The predicted octanol–water partition coefficient (Wildman–Crippen LogP) is 3.98. The second-order valence-electron chi connectivity index (χ2n) is 5.09. The summed E-state index contributed by atoms with van der Waals surface area (Å²) in [5.41, 5.74) is 1.49. The summed E-state index contributed by atoms with van der Waals surface area (Å²) in [7, 11) is 0. The lowest BCUT2D eigenvalue weighted by Crippen LogP contribution is -2.18. The van der Waals surface area contributed by atoms with Crippen LogP contribution >= 0.6 is 0 Å². The van der Waals surface area contributed by atoms with Gasteiger partial charge in [0.05, 0.1) is 6.04 Å². The zero-order valence-corrected chi connectivity index (χ0v) is 11.2. The number of benzene rings is 1. The van der Waals surface area contributed by atoms with E-state index >= 15 is 0 Å². The van der Waals surface area contributed by atoms with Crippen molar-refractivity contribution in [2.45, 2.75) is 31.5 Å². The van der Waals surface area contributed by atoms with E-state index in [-0.39, 0.29) is 6.04 Å². The van der Waals surface area contributed by atoms with Crippen LogP contribution in [0, 0.1) is 0 Å². The van der Waals surface area contributed by atoms with Crippen molar-refractivity contribution in [3.8, 4) is 0 Å². The molecular weight excluding hydrogens is 279 g/mol. The second-order valence-corrected chi connectivity index (χ2v) is 5.09. The maximum atomic E-state index is 12.5. The number of fused-ring (bicyclic) bond motifs is 1. The monoisotopic (exact) mass is 293 g/mol. The normalized spacial score (nSPS) is 18.1. The Morgan fingerprint density at radius 2 is 1.86 bits per heavy atom. The van der Waals surface area contributed by atoms with E-state index in [1.54, 1.807) is 0 Å². The number of anilines is 1. The fraction of sp³-hybridized carbons (Fsp3) is 0.333. The van der Waals surface area contributed by atoms with Crippen LogP contribution in [0.4, 0.5) is 19.0 Å². The molecule has 0 saturated carbocycles. The molecule has 1 heterocycles. The first-order valence-corrected chi connectivity index (χ1v) is 6.79. The van der Waals surface area contributed by atoms with Gasteiger partial charge in [-0.3, -0.25) is 0 Å². The number of hydrogen-bond acceptors (Lipinski definition) is 3. The first kappa shape index (κ1) is 13.9. The number of nitrogens with one attached hydrogen (secondary N) is 1. The largest absolute Gasteiger partial charge is 0.435 e. The Kier molecular flexibility index (Phi) is 3.53. The fourth-order valence-electron chi connectivity index (χ4n) is 2.64. The van der Waals surface area contributed by atoms with Gasteiger partial charge in [0.2, 0.25) is 0 Å². The maximum absolute atomic E-state index is 12.5. The summed E-state index contributed by atoms with van der Waals surface area (Å²) in [5, 5.41) is 10.0. The molecule has 0 saturated heterocycles. The Bertz CT molecular complexity index is 623. The number of rotatable bonds is 2. The molecule has 6 heteroatoms. The quantitative estimate of drug-likeness (QED) is 0.910. The smallest absolute Gasteiger partial charge is 0.362 e. The van der Waals surface area contributed by atoms with Gasteiger partial charge in [0.1, 0.15) is 5.82 Å². The van der Waals surface area contributed by atoms with Gasteiger partial charge in [-0.1, -0.05) is 24.3 Å². The van der Waals surface area contributed by atoms with Crippen molar-refractivity contribution in [3.63, 3.8) is 0 Å². The molecule has 110 valence electrons. The predicted molar refractivity (Wildman–Crippen MR) is 72.8 cm³/mol. The van der Waals surface area contributed by atoms with Crippen molar-refractivity contribution in [2.24, 2.45) is 0 Å². The van der Waals surface area contributed by atoms with Crippen molar-refractivity contribution >= 4 is 5.82 Å². The van der Waals surface area contributed by atoms with Crippen LogP contribution in [0.15, 0.2) is 36.4 Å². The zero-order chi connectivity index (χ0) is 14.9. The summed E-state index contributed by atoms with van der Waals surface area (Å²) in [6.45, 7) is 0. The molecular formula is C15H14F3N3. The SMILES string of the molecule is FC(F)(F)c1ccc(NC2CCCc3ccccc32)nn1. The van der Waals surface area contributed by atoms with Crippen LogP contribution in [0.1, 0.15) is 35.7 Å². The van der Waals surface area contributed by atoms with Gasteiger partial charge in [-0.25, -0.2) is 0 Å². The number of hydrogen-bond donors (Lipinski definition) is 1. The zero-order valence-electron chi connectivity index (χ0n) is 11.2. The average Bonchev–Trinajstić information content (AvgIpc) is 2.47. The molecule has 0 bridgehead atoms. The Morgan fingerprint density at radius 3 is 2.57 bits per heavy atom. The van der Waals surface area contributed by atoms with E-state index in [4.69, 9.17) is 0 Å². The summed E-state index contributed by atoms with van der Waals surface area (Å²) >= 11 is 0. The van der Waals surface area contributed by atoms with Crippen LogP contribution in [0.25, 0.3) is 0 Å². The molecule has 1 atom stereocenters. The van der Waals surface area contributed by atoms with E-state index in [2.05, 4.69) is 21.6 Å². The van der Waals surface area contributed by atoms with Gasteiger partial charge < -0.3 is 5.32 Å². The third kappa shape index (κ3) is 2.99. The van der Waals surface area contributed by atoms with Gasteiger partial charge in [0.15, 0.2) is 5.69 Å². The van der Waals surface area contributed by atoms with E-state index in [9.17, 15) is 13.2 Å². The number of nitrogens with zero attached hydrogens (tertiary/aromatic N) is 2. The Hall–Kier alpha value is -2.11. The molecule has 2 aromatic rings. The minimum Gasteiger partial charge on any atom is -0.362 e. The van der Waals surface area contributed by atoms with Crippen LogP contribution in [-0.4, -0.2) is 10.2 Å². The van der Waals surface area contributed by atoms with E-state index in [1.807, 2.05) is 18.2 Å². The summed E-state index contributed by atoms with van der Waals surface area (Å²) in [6, 6.07) is 10.4. The number of halogens is 3. The molecule has 0 aliphatic heterocycles. The third-order valence-corrected chi connectivity index (χ3v) is 3.65. The van der Waals surface area contributed by atoms with E-state index < -0.39 is 11.9 Å². The number of aryl methyl sites for hydroxylation is 1. The van der Waals surface area contributed by atoms with Gasteiger partial charge in [-0.2, -0.15) is 13.2 Å². The van der Waals surface area contributed by atoms with Crippen LogP contribution in [0.5, 0.6) is 0 Å². The van der Waals surface area contributed by atoms with Crippen LogP contribution < -0.4 is 5.32 Å². The highest BCUT2D eigenvalue weighted by Gasteiger charge is 2.33. The summed E-state index contributed by atoms with van der Waals surface area (Å²) in [5.74, 6) is 0.365. The number of alkyl halides is 3. The highest BCUT2D eigenvalue weighted by molar-refractivity contribution is 5.41. The number of aromatic nitrogens is 2. The Balaban J connectivity index is 1.79.